The van der Waals surface area contributed by atoms with Gasteiger partial charge in [0.05, 0.1) is 12.0 Å². The van der Waals surface area contributed by atoms with Gasteiger partial charge in [-0.05, 0) is 49.7 Å². The molecule has 0 aromatic heterocycles. The lowest BCUT2D eigenvalue weighted by Gasteiger charge is -2.13. The summed E-state index contributed by atoms with van der Waals surface area (Å²) in [5, 5.41) is 3.81. The number of nitrogens with one attached hydrogen (secondary N) is 1. The molecule has 2 rings (SSSR count). The molecule has 0 bridgehead atoms. The maximum atomic E-state index is 13.8. The second-order valence-electron chi connectivity index (χ2n) is 5.05. The number of hydrogen-bond acceptors (Lipinski definition) is 2. The monoisotopic (exact) mass is 319 g/mol. The minimum atomic E-state index is -0.332. The number of benzene rings is 2. The quantitative estimate of drug-likeness (QED) is 0.610. The lowest BCUT2D eigenvalue weighted by atomic mass is 10.1. The number of anilines is 2. The molecule has 0 amide bonds. The largest absolute Gasteiger partial charge is 0.366 e. The van der Waals surface area contributed by atoms with Gasteiger partial charge in [0.2, 0.25) is 0 Å². The second-order valence-corrected chi connectivity index (χ2v) is 5.49. The van der Waals surface area contributed by atoms with Crippen molar-refractivity contribution in [1.29, 1.82) is 0 Å². The number of rotatable bonds is 5. The maximum absolute atomic E-state index is 13.8. The lowest BCUT2D eigenvalue weighted by molar-refractivity contribution is 0.552. The molecule has 0 spiro atoms. The van der Waals surface area contributed by atoms with Crippen LogP contribution in [0.4, 0.5) is 21.5 Å². The zero-order valence-corrected chi connectivity index (χ0v) is 13.7. The first-order valence-electron chi connectivity index (χ1n) is 7.06. The van der Waals surface area contributed by atoms with Crippen molar-refractivity contribution in [2.45, 2.75) is 13.8 Å². The van der Waals surface area contributed by atoms with Crippen molar-refractivity contribution in [1.82, 2.24) is 4.90 Å². The molecular weight excluding hydrogens is 301 g/mol. The number of hydrogen-bond donors (Lipinski definition) is 1. The van der Waals surface area contributed by atoms with Crippen LogP contribution in [0.2, 0.25) is 5.02 Å². The summed E-state index contributed by atoms with van der Waals surface area (Å²) in [6.07, 6.45) is 1.70. The molecule has 1 N–H and O–H groups in total. The summed E-state index contributed by atoms with van der Waals surface area (Å²) in [5.74, 6) is -0.332. The van der Waals surface area contributed by atoms with Crippen LogP contribution >= 0.6 is 11.6 Å². The van der Waals surface area contributed by atoms with Gasteiger partial charge in [0.25, 0.3) is 0 Å². The molecular formula is C17H19ClFN3. The van der Waals surface area contributed by atoms with Crippen LogP contribution in [0, 0.1) is 12.7 Å². The molecule has 116 valence electrons. The van der Waals surface area contributed by atoms with Gasteiger partial charge in [-0.2, -0.15) is 0 Å². The fourth-order valence-corrected chi connectivity index (χ4v) is 2.08. The van der Waals surface area contributed by atoms with E-state index in [-0.39, 0.29) is 5.82 Å². The Morgan fingerprint density at radius 1 is 1.32 bits per heavy atom. The zero-order valence-electron chi connectivity index (χ0n) is 12.9. The first-order chi connectivity index (χ1) is 10.5. The molecule has 0 radical (unpaired) electrons. The zero-order chi connectivity index (χ0) is 16.1. The topological polar surface area (TPSA) is 27.6 Å². The predicted molar refractivity (Wildman–Crippen MR) is 92.3 cm³/mol. The summed E-state index contributed by atoms with van der Waals surface area (Å²) in [4.78, 5) is 6.28. The third-order valence-electron chi connectivity index (χ3n) is 3.34. The Morgan fingerprint density at radius 3 is 2.77 bits per heavy atom. The first-order valence-corrected chi connectivity index (χ1v) is 7.44. The molecule has 0 atom stereocenters. The highest BCUT2D eigenvalue weighted by Gasteiger charge is 2.07. The van der Waals surface area contributed by atoms with Gasteiger partial charge in [-0.25, -0.2) is 9.38 Å². The Hall–Kier alpha value is -2.07. The molecule has 22 heavy (non-hydrogen) atoms. The third kappa shape index (κ3) is 4.21. The van der Waals surface area contributed by atoms with Crippen LogP contribution in [0.25, 0.3) is 0 Å². The average molecular weight is 320 g/mol. The molecule has 0 saturated carbocycles. The van der Waals surface area contributed by atoms with Gasteiger partial charge < -0.3 is 10.2 Å². The van der Waals surface area contributed by atoms with E-state index in [0.717, 1.165) is 17.8 Å². The van der Waals surface area contributed by atoms with E-state index < -0.39 is 0 Å². The fraction of sp³-hybridized carbons (Fsp3) is 0.235. The van der Waals surface area contributed by atoms with Crippen LogP contribution in [0.1, 0.15) is 12.5 Å². The van der Waals surface area contributed by atoms with Crippen LogP contribution in [0.15, 0.2) is 41.4 Å². The molecule has 0 heterocycles. The molecule has 0 unspecified atom stereocenters. The van der Waals surface area contributed by atoms with E-state index in [0.29, 0.717) is 16.4 Å². The van der Waals surface area contributed by atoms with Gasteiger partial charge in [-0.1, -0.05) is 17.7 Å². The third-order valence-corrected chi connectivity index (χ3v) is 3.58. The van der Waals surface area contributed by atoms with E-state index in [1.54, 1.807) is 18.5 Å². The molecule has 0 aliphatic rings. The molecule has 2 aromatic rings. The van der Waals surface area contributed by atoms with Gasteiger partial charge in [0.1, 0.15) is 5.82 Å². The number of halogens is 2. The van der Waals surface area contributed by atoms with E-state index in [1.165, 1.54) is 12.1 Å². The summed E-state index contributed by atoms with van der Waals surface area (Å²) in [6.45, 7) is 4.77. The summed E-state index contributed by atoms with van der Waals surface area (Å²) in [6, 6.07) is 10.2. The van der Waals surface area contributed by atoms with Crippen molar-refractivity contribution in [3.63, 3.8) is 0 Å². The Bertz CT molecular complexity index is 686. The SMILES string of the molecule is CCN(C)C=Nc1cc(F)cc(Nc2cccc(Cl)c2)c1C. The minimum absolute atomic E-state index is 0.332. The summed E-state index contributed by atoms with van der Waals surface area (Å²) in [5.41, 5.74) is 2.96. The van der Waals surface area contributed by atoms with Crippen molar-refractivity contribution in [3.05, 3.63) is 52.8 Å². The van der Waals surface area contributed by atoms with Gasteiger partial charge in [-0.3, -0.25) is 0 Å². The molecule has 0 saturated heterocycles. The van der Waals surface area contributed by atoms with Crippen LogP contribution < -0.4 is 5.32 Å². The highest BCUT2D eigenvalue weighted by Crippen LogP contribution is 2.30. The van der Waals surface area contributed by atoms with E-state index >= 15 is 0 Å². The highest BCUT2D eigenvalue weighted by molar-refractivity contribution is 6.30. The second kappa shape index (κ2) is 7.27. The molecule has 5 heteroatoms. The van der Waals surface area contributed by atoms with E-state index in [9.17, 15) is 4.39 Å². The minimum Gasteiger partial charge on any atom is -0.366 e. The van der Waals surface area contributed by atoms with Gasteiger partial charge in [-0.15, -0.1) is 0 Å². The van der Waals surface area contributed by atoms with Crippen molar-refractivity contribution in [2.24, 2.45) is 4.99 Å². The van der Waals surface area contributed by atoms with Gasteiger partial charge in [0, 0.05) is 30.0 Å². The molecule has 0 aliphatic heterocycles. The molecule has 0 aliphatic carbocycles. The Balaban J connectivity index is 2.32. The smallest absolute Gasteiger partial charge is 0.127 e. The van der Waals surface area contributed by atoms with Crippen molar-refractivity contribution in [3.8, 4) is 0 Å². The Kier molecular flexibility index (Phi) is 5.39. The van der Waals surface area contributed by atoms with Crippen LogP contribution in [0.3, 0.4) is 0 Å². The van der Waals surface area contributed by atoms with Gasteiger partial charge >= 0.3 is 0 Å². The maximum Gasteiger partial charge on any atom is 0.127 e. The highest BCUT2D eigenvalue weighted by atomic mass is 35.5. The van der Waals surface area contributed by atoms with Gasteiger partial charge in [0.15, 0.2) is 0 Å². The first kappa shape index (κ1) is 16.3. The lowest BCUT2D eigenvalue weighted by Crippen LogP contribution is -2.14. The fourth-order valence-electron chi connectivity index (χ4n) is 1.89. The molecule has 3 nitrogen and oxygen atoms in total. The van der Waals surface area contributed by atoms with Crippen molar-refractivity contribution in [2.75, 3.05) is 18.9 Å². The number of aliphatic imine (C=N–C) groups is 1. The van der Waals surface area contributed by atoms with Crippen molar-refractivity contribution < 1.29 is 4.39 Å². The predicted octanol–water partition coefficient (Wildman–Crippen LogP) is 5.14. The Labute approximate surface area is 135 Å². The summed E-state index contributed by atoms with van der Waals surface area (Å²) < 4.78 is 13.8. The Morgan fingerprint density at radius 2 is 2.09 bits per heavy atom. The van der Waals surface area contributed by atoms with E-state index in [4.69, 9.17) is 11.6 Å². The van der Waals surface area contributed by atoms with Crippen molar-refractivity contribution >= 4 is 35.0 Å². The van der Waals surface area contributed by atoms with Crippen LogP contribution in [-0.4, -0.2) is 24.8 Å². The number of nitrogens with zero attached hydrogens (tertiary/aromatic N) is 2. The summed E-state index contributed by atoms with van der Waals surface area (Å²) in [7, 11) is 1.92. The standard InChI is InChI=1S/C17H19ClFN3/c1-4-22(3)11-20-16-9-14(19)10-17(12(16)2)21-15-7-5-6-13(18)8-15/h5-11,21H,4H2,1-3H3. The summed E-state index contributed by atoms with van der Waals surface area (Å²) >= 11 is 5.97. The molecule has 2 aromatic carbocycles. The van der Waals surface area contributed by atoms with Crippen LogP contribution in [-0.2, 0) is 0 Å². The van der Waals surface area contributed by atoms with E-state index in [1.807, 2.05) is 37.9 Å². The average Bonchev–Trinajstić information content (AvgIpc) is 2.48. The molecule has 0 fully saturated rings. The normalized spacial score (nSPS) is 11.0. The van der Waals surface area contributed by atoms with E-state index in [2.05, 4.69) is 10.3 Å². The van der Waals surface area contributed by atoms with Crippen LogP contribution in [0.5, 0.6) is 0 Å².